The first-order valence-corrected chi connectivity index (χ1v) is 9.02. The van der Waals surface area contributed by atoms with Gasteiger partial charge in [0, 0.05) is 5.39 Å². The molecule has 1 heterocycles. The molecule has 6 heteroatoms. The van der Waals surface area contributed by atoms with Crippen molar-refractivity contribution in [3.05, 3.63) is 42.5 Å². The maximum atomic E-state index is 12.6. The van der Waals surface area contributed by atoms with Crippen LogP contribution < -0.4 is 10.1 Å². The lowest BCUT2D eigenvalue weighted by atomic mass is 9.98. The van der Waals surface area contributed by atoms with Gasteiger partial charge in [0.15, 0.2) is 0 Å². The number of aliphatic hydroxyl groups is 1. The fourth-order valence-electron chi connectivity index (χ4n) is 3.93. The maximum absolute atomic E-state index is 12.6. The number of rotatable bonds is 5. The molecule has 2 fully saturated rings. The summed E-state index contributed by atoms with van der Waals surface area (Å²) < 4.78 is 5.76. The predicted octanol–water partition coefficient (Wildman–Crippen LogP) is 2.44. The Labute approximate surface area is 151 Å². The van der Waals surface area contributed by atoms with Crippen molar-refractivity contribution in [3.63, 3.8) is 0 Å². The lowest BCUT2D eigenvalue weighted by Crippen LogP contribution is -2.45. The summed E-state index contributed by atoms with van der Waals surface area (Å²) in [6.45, 7) is -0.0464. The number of benzene rings is 2. The van der Waals surface area contributed by atoms with Crippen LogP contribution in [0.25, 0.3) is 10.8 Å². The first-order valence-electron chi connectivity index (χ1n) is 9.02. The molecule has 2 aliphatic rings. The van der Waals surface area contributed by atoms with Crippen LogP contribution in [-0.4, -0.2) is 46.7 Å². The summed E-state index contributed by atoms with van der Waals surface area (Å²) in [5, 5.41) is 15.1. The molecule has 0 radical (unpaired) electrons. The number of nitrogens with zero attached hydrogens (tertiary/aromatic N) is 1. The molecule has 2 aromatic carbocycles. The normalized spacial score (nSPS) is 20.0. The van der Waals surface area contributed by atoms with Crippen LogP contribution in [-0.2, 0) is 4.79 Å². The molecule has 2 N–H and O–H groups in total. The van der Waals surface area contributed by atoms with Gasteiger partial charge in [0.05, 0.1) is 6.54 Å². The van der Waals surface area contributed by atoms with Crippen molar-refractivity contribution in [3.8, 4) is 5.75 Å². The van der Waals surface area contributed by atoms with Gasteiger partial charge < -0.3 is 15.2 Å². The quantitative estimate of drug-likeness (QED) is 0.809. The lowest BCUT2D eigenvalue weighted by Gasteiger charge is -2.21. The molecule has 1 unspecified atom stereocenters. The summed E-state index contributed by atoms with van der Waals surface area (Å²) in [4.78, 5) is 25.9. The molecule has 3 amide bonds. The van der Waals surface area contributed by atoms with Gasteiger partial charge in [-0.15, -0.1) is 0 Å². The summed E-state index contributed by atoms with van der Waals surface area (Å²) in [6, 6.07) is 13.2. The molecule has 6 nitrogen and oxygen atoms in total. The van der Waals surface area contributed by atoms with Crippen LogP contribution in [0.5, 0.6) is 5.75 Å². The summed E-state index contributed by atoms with van der Waals surface area (Å²) in [5.41, 5.74) is -0.743. The molecule has 1 atom stereocenters. The first-order chi connectivity index (χ1) is 12.6. The Kier molecular flexibility index (Phi) is 4.28. The molecule has 4 rings (SSSR count). The van der Waals surface area contributed by atoms with E-state index in [0.29, 0.717) is 18.6 Å². The SMILES string of the molecule is O=C1NC2(CCCC2)C(=O)N1CC(O)COc1cccc2ccccc12. The van der Waals surface area contributed by atoms with Crippen LogP contribution in [0.3, 0.4) is 0 Å². The number of ether oxygens (including phenoxy) is 1. The van der Waals surface area contributed by atoms with Crippen molar-refractivity contribution in [2.75, 3.05) is 13.2 Å². The molecule has 26 heavy (non-hydrogen) atoms. The Morgan fingerprint density at radius 1 is 1.12 bits per heavy atom. The van der Waals surface area contributed by atoms with Crippen LogP contribution >= 0.6 is 0 Å². The first kappa shape index (κ1) is 16.8. The van der Waals surface area contributed by atoms with Crippen molar-refractivity contribution < 1.29 is 19.4 Å². The molecule has 1 spiro atoms. The number of imide groups is 1. The second-order valence-corrected chi connectivity index (χ2v) is 7.08. The predicted molar refractivity (Wildman–Crippen MR) is 96.9 cm³/mol. The van der Waals surface area contributed by atoms with Crippen LogP contribution in [0, 0.1) is 0 Å². The minimum absolute atomic E-state index is 0.0120. The van der Waals surface area contributed by atoms with Gasteiger partial charge in [-0.3, -0.25) is 9.69 Å². The Bertz CT molecular complexity index is 839. The number of aliphatic hydroxyl groups excluding tert-OH is 1. The van der Waals surface area contributed by atoms with E-state index in [0.717, 1.165) is 28.5 Å². The number of fused-ring (bicyclic) bond motifs is 1. The van der Waals surface area contributed by atoms with Gasteiger partial charge >= 0.3 is 6.03 Å². The van der Waals surface area contributed by atoms with Crippen molar-refractivity contribution in [1.29, 1.82) is 0 Å². The second-order valence-electron chi connectivity index (χ2n) is 7.08. The van der Waals surface area contributed by atoms with Gasteiger partial charge in [-0.1, -0.05) is 49.2 Å². The zero-order valence-corrected chi connectivity index (χ0v) is 14.5. The molecule has 0 bridgehead atoms. The fourth-order valence-corrected chi connectivity index (χ4v) is 3.93. The third kappa shape index (κ3) is 2.90. The summed E-state index contributed by atoms with van der Waals surface area (Å²) >= 11 is 0. The van der Waals surface area contributed by atoms with Crippen LogP contribution in [0.1, 0.15) is 25.7 Å². The number of hydrogen-bond acceptors (Lipinski definition) is 4. The molecule has 2 aromatic rings. The number of amides is 3. The van der Waals surface area contributed by atoms with Gasteiger partial charge in [0.2, 0.25) is 0 Å². The molecular formula is C20H22N2O4. The fraction of sp³-hybridized carbons (Fsp3) is 0.400. The topological polar surface area (TPSA) is 78.9 Å². The highest BCUT2D eigenvalue weighted by Crippen LogP contribution is 2.35. The molecule has 1 saturated carbocycles. The van der Waals surface area contributed by atoms with Gasteiger partial charge in [0.25, 0.3) is 5.91 Å². The lowest BCUT2D eigenvalue weighted by molar-refractivity contribution is -0.132. The summed E-state index contributed by atoms with van der Waals surface area (Å²) in [5.74, 6) is 0.454. The molecule has 1 aliphatic heterocycles. The minimum Gasteiger partial charge on any atom is -0.490 e. The summed E-state index contributed by atoms with van der Waals surface area (Å²) in [7, 11) is 0. The van der Waals surface area contributed by atoms with Crippen molar-refractivity contribution in [1.82, 2.24) is 10.2 Å². The van der Waals surface area contributed by atoms with E-state index in [1.807, 2.05) is 42.5 Å². The smallest absolute Gasteiger partial charge is 0.325 e. The average molecular weight is 354 g/mol. The molecule has 0 aromatic heterocycles. The minimum atomic E-state index is -0.944. The number of carbonyl (C=O) groups is 2. The van der Waals surface area contributed by atoms with Crippen LogP contribution in [0.2, 0.25) is 0 Å². The Morgan fingerprint density at radius 2 is 1.85 bits per heavy atom. The van der Waals surface area contributed by atoms with Gasteiger partial charge in [0.1, 0.15) is 24.0 Å². The molecule has 136 valence electrons. The molecule has 1 aliphatic carbocycles. The Hall–Kier alpha value is -2.60. The molecular weight excluding hydrogens is 332 g/mol. The van der Waals surface area contributed by atoms with E-state index >= 15 is 0 Å². The summed E-state index contributed by atoms with van der Waals surface area (Å²) in [6.07, 6.45) is 2.28. The van der Waals surface area contributed by atoms with Gasteiger partial charge in [-0.05, 0) is 24.3 Å². The average Bonchev–Trinajstić information content (AvgIpc) is 3.21. The van der Waals surface area contributed by atoms with Crippen LogP contribution in [0.15, 0.2) is 42.5 Å². The monoisotopic (exact) mass is 354 g/mol. The highest BCUT2D eigenvalue weighted by Gasteiger charge is 2.52. The van der Waals surface area contributed by atoms with Gasteiger partial charge in [-0.2, -0.15) is 0 Å². The van der Waals surface area contributed by atoms with E-state index in [1.165, 1.54) is 0 Å². The largest absolute Gasteiger partial charge is 0.490 e. The van der Waals surface area contributed by atoms with Crippen molar-refractivity contribution >= 4 is 22.7 Å². The number of carbonyl (C=O) groups excluding carboxylic acids is 2. The maximum Gasteiger partial charge on any atom is 0.325 e. The Balaban J connectivity index is 1.40. The van der Waals surface area contributed by atoms with Gasteiger partial charge in [-0.25, -0.2) is 4.79 Å². The standard InChI is InChI=1S/C20H22N2O4/c23-15(12-22-18(24)20(21-19(22)25)10-3-4-11-20)13-26-17-9-5-7-14-6-1-2-8-16(14)17/h1-2,5-9,15,23H,3-4,10-13H2,(H,21,25). The van der Waals surface area contributed by atoms with E-state index in [-0.39, 0.29) is 19.1 Å². The third-order valence-electron chi connectivity index (χ3n) is 5.28. The van der Waals surface area contributed by atoms with E-state index in [4.69, 9.17) is 4.74 Å². The van der Waals surface area contributed by atoms with Crippen molar-refractivity contribution in [2.45, 2.75) is 37.3 Å². The van der Waals surface area contributed by atoms with E-state index in [1.54, 1.807) is 0 Å². The Morgan fingerprint density at radius 3 is 2.65 bits per heavy atom. The third-order valence-corrected chi connectivity index (χ3v) is 5.28. The second kappa shape index (κ2) is 6.61. The van der Waals surface area contributed by atoms with Crippen LogP contribution in [0.4, 0.5) is 4.79 Å². The van der Waals surface area contributed by atoms with E-state index in [9.17, 15) is 14.7 Å². The highest BCUT2D eigenvalue weighted by molar-refractivity contribution is 6.07. The zero-order valence-electron chi connectivity index (χ0n) is 14.5. The number of hydrogen-bond donors (Lipinski definition) is 2. The molecule has 1 saturated heterocycles. The zero-order chi connectivity index (χ0) is 18.1. The van der Waals surface area contributed by atoms with E-state index < -0.39 is 17.7 Å². The van der Waals surface area contributed by atoms with E-state index in [2.05, 4.69) is 5.32 Å². The number of β-amino-alcohol motifs (C(OH)–C–C–N with tert-alkyl or cyclic N) is 1. The number of urea groups is 1. The highest BCUT2D eigenvalue weighted by atomic mass is 16.5. The number of nitrogens with one attached hydrogen (secondary N) is 1. The van der Waals surface area contributed by atoms with Crippen molar-refractivity contribution in [2.24, 2.45) is 0 Å².